The number of carboxylic acids is 1. The maximum absolute atomic E-state index is 11.6. The van der Waals surface area contributed by atoms with Crippen LogP contribution in [0.5, 0.6) is 0 Å². The van der Waals surface area contributed by atoms with Crippen LogP contribution in [0.1, 0.15) is 22.0 Å². The lowest BCUT2D eigenvalue weighted by Crippen LogP contribution is -2.39. The largest absolute Gasteiger partial charge is 0.479 e. The minimum absolute atomic E-state index is 0.620. The molecule has 98 valence electrons. The third kappa shape index (κ3) is 2.10. The fourth-order valence-corrected chi connectivity index (χ4v) is 3.36. The molecule has 0 bridgehead atoms. The highest BCUT2D eigenvalue weighted by molar-refractivity contribution is 7.10. The van der Waals surface area contributed by atoms with Crippen LogP contribution in [-0.4, -0.2) is 22.6 Å². The summed E-state index contributed by atoms with van der Waals surface area (Å²) in [5.74, 6) is -0.0865. The van der Waals surface area contributed by atoms with Gasteiger partial charge < -0.3 is 10.0 Å². The Balaban J connectivity index is 2.02. The van der Waals surface area contributed by atoms with E-state index in [9.17, 15) is 9.90 Å². The molecule has 2 aromatic heterocycles. The van der Waals surface area contributed by atoms with Crippen LogP contribution in [0.25, 0.3) is 0 Å². The second-order valence-corrected chi connectivity index (χ2v) is 5.68. The molecule has 0 spiro atoms. The van der Waals surface area contributed by atoms with Crippen LogP contribution in [0.15, 0.2) is 29.8 Å². The van der Waals surface area contributed by atoms with E-state index in [4.69, 9.17) is 0 Å². The predicted molar refractivity (Wildman–Crippen MR) is 74.7 cm³/mol. The molecule has 0 radical (unpaired) electrons. The average molecular weight is 274 g/mol. The number of aryl methyl sites for hydroxylation is 1. The molecule has 0 saturated heterocycles. The van der Waals surface area contributed by atoms with Gasteiger partial charge in [-0.05, 0) is 42.0 Å². The average Bonchev–Trinajstić information content (AvgIpc) is 2.86. The lowest BCUT2D eigenvalue weighted by Gasteiger charge is -2.34. The Labute approximate surface area is 115 Å². The molecule has 3 rings (SSSR count). The van der Waals surface area contributed by atoms with Crippen molar-refractivity contribution in [2.75, 3.05) is 11.4 Å². The molecule has 0 aliphatic carbocycles. The van der Waals surface area contributed by atoms with Gasteiger partial charge in [-0.25, -0.2) is 9.78 Å². The molecule has 0 aromatic carbocycles. The second kappa shape index (κ2) is 4.66. The summed E-state index contributed by atoms with van der Waals surface area (Å²) >= 11 is 1.64. The first kappa shape index (κ1) is 12.2. The molecular weight excluding hydrogens is 260 g/mol. The van der Waals surface area contributed by atoms with Crippen molar-refractivity contribution in [2.24, 2.45) is 0 Å². The first-order valence-corrected chi connectivity index (χ1v) is 7.03. The number of pyridine rings is 1. The van der Waals surface area contributed by atoms with Crippen LogP contribution in [0, 0.1) is 6.92 Å². The molecule has 1 aliphatic rings. The minimum Gasteiger partial charge on any atom is -0.479 e. The van der Waals surface area contributed by atoms with Gasteiger partial charge in [-0.3, -0.25) is 0 Å². The highest BCUT2D eigenvalue weighted by atomic mass is 32.1. The Hall–Kier alpha value is -1.88. The van der Waals surface area contributed by atoms with E-state index in [-0.39, 0.29) is 0 Å². The fourth-order valence-electron chi connectivity index (χ4n) is 2.46. The van der Waals surface area contributed by atoms with Crippen LogP contribution in [-0.2, 0) is 11.2 Å². The van der Waals surface area contributed by atoms with E-state index in [1.54, 1.807) is 17.5 Å². The third-order valence-electron chi connectivity index (χ3n) is 3.39. The lowest BCUT2D eigenvalue weighted by molar-refractivity contribution is -0.138. The van der Waals surface area contributed by atoms with Crippen LogP contribution in [0.2, 0.25) is 0 Å². The summed E-state index contributed by atoms with van der Waals surface area (Å²) in [6, 6.07) is 5.15. The maximum atomic E-state index is 11.6. The quantitative estimate of drug-likeness (QED) is 0.914. The van der Waals surface area contributed by atoms with Gasteiger partial charge in [0.15, 0.2) is 6.04 Å². The van der Waals surface area contributed by atoms with Gasteiger partial charge in [-0.2, -0.15) is 0 Å². The summed E-state index contributed by atoms with van der Waals surface area (Å²) < 4.78 is 0. The summed E-state index contributed by atoms with van der Waals surface area (Å²) in [7, 11) is 0. The molecule has 5 heteroatoms. The molecule has 1 atom stereocenters. The molecule has 0 saturated carbocycles. The zero-order valence-corrected chi connectivity index (χ0v) is 11.4. The Morgan fingerprint density at radius 3 is 3.00 bits per heavy atom. The van der Waals surface area contributed by atoms with Crippen LogP contribution >= 0.6 is 11.3 Å². The van der Waals surface area contributed by atoms with Crippen LogP contribution in [0.3, 0.4) is 0 Å². The van der Waals surface area contributed by atoms with Gasteiger partial charge in [0.2, 0.25) is 0 Å². The fraction of sp³-hybridized carbons (Fsp3) is 0.286. The van der Waals surface area contributed by atoms with Gasteiger partial charge >= 0.3 is 5.97 Å². The number of thiophene rings is 1. The molecule has 1 N–H and O–H groups in total. The van der Waals surface area contributed by atoms with Crippen LogP contribution in [0.4, 0.5) is 5.82 Å². The number of aliphatic carboxylic acids is 1. The van der Waals surface area contributed by atoms with Gasteiger partial charge in [0, 0.05) is 17.6 Å². The third-order valence-corrected chi connectivity index (χ3v) is 4.39. The van der Waals surface area contributed by atoms with Gasteiger partial charge in [0.05, 0.1) is 0 Å². The van der Waals surface area contributed by atoms with Crippen molar-refractivity contribution in [3.63, 3.8) is 0 Å². The summed E-state index contributed by atoms with van der Waals surface area (Å²) in [6.07, 6.45) is 2.66. The summed E-state index contributed by atoms with van der Waals surface area (Å²) in [5, 5.41) is 11.5. The van der Waals surface area contributed by atoms with E-state index in [1.807, 2.05) is 35.4 Å². The van der Waals surface area contributed by atoms with Gasteiger partial charge in [0.1, 0.15) is 5.82 Å². The van der Waals surface area contributed by atoms with Crippen molar-refractivity contribution >= 4 is 23.1 Å². The zero-order valence-electron chi connectivity index (χ0n) is 10.5. The smallest absolute Gasteiger partial charge is 0.331 e. The summed E-state index contributed by atoms with van der Waals surface area (Å²) in [4.78, 5) is 19.0. The Morgan fingerprint density at radius 1 is 1.47 bits per heavy atom. The number of rotatable bonds is 2. The highest BCUT2D eigenvalue weighted by Crippen LogP contribution is 2.35. The molecule has 19 heavy (non-hydrogen) atoms. The number of carboxylic acid groups (broad SMARTS) is 1. The highest BCUT2D eigenvalue weighted by Gasteiger charge is 2.34. The van der Waals surface area contributed by atoms with Gasteiger partial charge in [-0.1, -0.05) is 6.07 Å². The van der Waals surface area contributed by atoms with Crippen molar-refractivity contribution in [3.05, 3.63) is 45.8 Å². The predicted octanol–water partition coefficient (Wildman–Crippen LogP) is 2.64. The van der Waals surface area contributed by atoms with E-state index < -0.39 is 12.0 Å². The van der Waals surface area contributed by atoms with E-state index >= 15 is 0 Å². The Bertz CT molecular complexity index is 606. The monoisotopic (exact) mass is 274 g/mol. The van der Waals surface area contributed by atoms with Crippen molar-refractivity contribution in [1.29, 1.82) is 0 Å². The van der Waals surface area contributed by atoms with Gasteiger partial charge in [0.25, 0.3) is 0 Å². The van der Waals surface area contributed by atoms with E-state index in [0.29, 0.717) is 6.54 Å². The molecule has 4 nitrogen and oxygen atoms in total. The first-order chi connectivity index (χ1) is 9.16. The number of hydrogen-bond donors (Lipinski definition) is 1. The van der Waals surface area contributed by atoms with E-state index in [2.05, 4.69) is 4.98 Å². The van der Waals surface area contributed by atoms with E-state index in [1.165, 1.54) is 4.88 Å². The van der Waals surface area contributed by atoms with Gasteiger partial charge in [-0.15, -0.1) is 11.3 Å². The second-order valence-electron chi connectivity index (χ2n) is 4.68. The van der Waals surface area contributed by atoms with E-state index in [0.717, 1.165) is 23.4 Å². The summed E-state index contributed by atoms with van der Waals surface area (Å²) in [6.45, 7) is 2.67. The number of nitrogens with zero attached hydrogens (tertiary/aromatic N) is 2. The molecule has 3 heterocycles. The van der Waals surface area contributed by atoms with Crippen LogP contribution < -0.4 is 4.90 Å². The molecule has 1 aliphatic heterocycles. The Morgan fingerprint density at radius 2 is 2.32 bits per heavy atom. The zero-order chi connectivity index (χ0) is 13.4. The Kier molecular flexibility index (Phi) is 2.98. The number of anilines is 1. The topological polar surface area (TPSA) is 53.4 Å². The molecule has 2 aromatic rings. The number of carbonyl (C=O) groups is 1. The lowest BCUT2D eigenvalue weighted by atomic mass is 10.00. The van der Waals surface area contributed by atoms with Crippen molar-refractivity contribution in [3.8, 4) is 0 Å². The molecule has 0 amide bonds. The number of aromatic nitrogens is 1. The minimum atomic E-state index is -0.818. The van der Waals surface area contributed by atoms with Crippen molar-refractivity contribution in [1.82, 2.24) is 4.98 Å². The summed E-state index contributed by atoms with van der Waals surface area (Å²) in [5.41, 5.74) is 1.98. The molecule has 1 unspecified atom stereocenters. The van der Waals surface area contributed by atoms with Crippen molar-refractivity contribution < 1.29 is 9.90 Å². The molecule has 0 fully saturated rings. The first-order valence-electron chi connectivity index (χ1n) is 6.15. The van der Waals surface area contributed by atoms with Crippen molar-refractivity contribution in [2.45, 2.75) is 19.4 Å². The molecular formula is C14H14N2O2S. The number of fused-ring (bicyclic) bond motifs is 1. The maximum Gasteiger partial charge on any atom is 0.331 e. The SMILES string of the molecule is Cc1ccc(N2CCc3sccc3C2C(=O)O)nc1. The number of hydrogen-bond acceptors (Lipinski definition) is 4. The standard InChI is InChI=1S/C14H14N2O2S/c1-9-2-3-12(15-8-9)16-6-4-11-10(5-7-19-11)13(16)14(17)18/h2-3,5,7-8,13H,4,6H2,1H3,(H,17,18). The normalized spacial score (nSPS) is 18.2.